The number of hydrogen-bond donors (Lipinski definition) is 1. The molecule has 108 valence electrons. The number of hydrogen-bond acceptors (Lipinski definition) is 3. The quantitative estimate of drug-likeness (QED) is 0.889. The number of halogens is 2. The van der Waals surface area contributed by atoms with E-state index in [9.17, 15) is 0 Å². The molecule has 0 saturated heterocycles. The van der Waals surface area contributed by atoms with Crippen molar-refractivity contribution in [2.24, 2.45) is 5.92 Å². The molecule has 0 amide bonds. The van der Waals surface area contributed by atoms with Crippen LogP contribution in [0.5, 0.6) is 0 Å². The molecule has 2 aromatic rings. The van der Waals surface area contributed by atoms with Gasteiger partial charge in [0.05, 0.1) is 23.1 Å². The van der Waals surface area contributed by atoms with Crippen LogP contribution in [0.3, 0.4) is 0 Å². The maximum absolute atomic E-state index is 6.16. The molecule has 0 fully saturated rings. The predicted octanol–water partition coefficient (Wildman–Crippen LogP) is 3.38. The van der Waals surface area contributed by atoms with Crippen molar-refractivity contribution in [3.05, 3.63) is 46.0 Å². The van der Waals surface area contributed by atoms with Crippen molar-refractivity contribution in [1.29, 1.82) is 0 Å². The van der Waals surface area contributed by atoms with Crippen LogP contribution in [0.15, 0.2) is 24.5 Å². The van der Waals surface area contributed by atoms with Gasteiger partial charge in [0.1, 0.15) is 6.33 Å². The fourth-order valence-corrected chi connectivity index (χ4v) is 2.19. The first-order chi connectivity index (χ1) is 9.56. The van der Waals surface area contributed by atoms with Crippen LogP contribution in [-0.4, -0.2) is 21.3 Å². The molecule has 0 aliphatic heterocycles. The average molecular weight is 313 g/mol. The Balaban J connectivity index is 1.97. The van der Waals surface area contributed by atoms with Gasteiger partial charge >= 0.3 is 0 Å². The number of benzene rings is 1. The molecule has 4 nitrogen and oxygen atoms in total. The maximum atomic E-state index is 6.16. The summed E-state index contributed by atoms with van der Waals surface area (Å²) in [4.78, 5) is 4.27. The highest BCUT2D eigenvalue weighted by Gasteiger charge is 2.07. The fraction of sp³-hybridized carbons (Fsp3) is 0.429. The largest absolute Gasteiger partial charge is 0.310 e. The summed E-state index contributed by atoms with van der Waals surface area (Å²) in [5.41, 5.74) is 0.936. The second kappa shape index (κ2) is 7.07. The normalized spacial score (nSPS) is 11.2. The van der Waals surface area contributed by atoms with E-state index in [-0.39, 0.29) is 0 Å². The molecule has 0 spiro atoms. The molecule has 6 heteroatoms. The van der Waals surface area contributed by atoms with Crippen LogP contribution in [-0.2, 0) is 13.1 Å². The van der Waals surface area contributed by atoms with E-state index < -0.39 is 0 Å². The third-order valence-electron chi connectivity index (χ3n) is 2.78. The Morgan fingerprint density at radius 3 is 2.85 bits per heavy atom. The molecule has 0 unspecified atom stereocenters. The Bertz CT molecular complexity index is 566. The zero-order valence-corrected chi connectivity index (χ0v) is 13.1. The fourth-order valence-electron chi connectivity index (χ4n) is 1.81. The van der Waals surface area contributed by atoms with Crippen LogP contribution < -0.4 is 5.32 Å². The molecular formula is C14H18Cl2N4. The van der Waals surface area contributed by atoms with Gasteiger partial charge in [0.15, 0.2) is 5.82 Å². The van der Waals surface area contributed by atoms with Gasteiger partial charge < -0.3 is 5.32 Å². The zero-order valence-electron chi connectivity index (χ0n) is 11.6. The van der Waals surface area contributed by atoms with Crippen molar-refractivity contribution in [2.45, 2.75) is 26.9 Å². The van der Waals surface area contributed by atoms with E-state index in [0.29, 0.717) is 29.1 Å². The maximum Gasteiger partial charge on any atom is 0.164 e. The Hall–Kier alpha value is -1.10. The predicted molar refractivity (Wildman–Crippen MR) is 82.1 cm³/mol. The molecule has 2 rings (SSSR count). The minimum atomic E-state index is 0.558. The first-order valence-corrected chi connectivity index (χ1v) is 7.33. The number of nitrogens with one attached hydrogen (secondary N) is 1. The highest BCUT2D eigenvalue weighted by atomic mass is 35.5. The van der Waals surface area contributed by atoms with Gasteiger partial charge in [-0.2, -0.15) is 5.10 Å². The van der Waals surface area contributed by atoms with Crippen LogP contribution >= 0.6 is 23.2 Å². The van der Waals surface area contributed by atoms with E-state index >= 15 is 0 Å². The van der Waals surface area contributed by atoms with E-state index in [1.807, 2.05) is 12.1 Å². The molecule has 0 atom stereocenters. The second-order valence-electron chi connectivity index (χ2n) is 5.10. The summed E-state index contributed by atoms with van der Waals surface area (Å²) in [6, 6.07) is 5.59. The van der Waals surface area contributed by atoms with Crippen molar-refractivity contribution in [3.63, 3.8) is 0 Å². The SMILES string of the molecule is CC(C)CNCc1ncn(Cc2cccc(Cl)c2Cl)n1. The smallest absolute Gasteiger partial charge is 0.164 e. The van der Waals surface area contributed by atoms with Crippen LogP contribution in [0, 0.1) is 5.92 Å². The summed E-state index contributed by atoms with van der Waals surface area (Å²) in [5.74, 6) is 1.39. The molecular weight excluding hydrogens is 295 g/mol. The molecule has 1 N–H and O–H groups in total. The van der Waals surface area contributed by atoms with Gasteiger partial charge in [0.25, 0.3) is 0 Å². The monoisotopic (exact) mass is 312 g/mol. The summed E-state index contributed by atoms with van der Waals surface area (Å²) in [5, 5.41) is 8.86. The molecule has 20 heavy (non-hydrogen) atoms. The van der Waals surface area contributed by atoms with Gasteiger partial charge in [-0.15, -0.1) is 0 Å². The van der Waals surface area contributed by atoms with Crippen LogP contribution in [0.25, 0.3) is 0 Å². The Kier molecular flexibility index (Phi) is 5.40. The lowest BCUT2D eigenvalue weighted by molar-refractivity contribution is 0.539. The van der Waals surface area contributed by atoms with Crippen LogP contribution in [0.4, 0.5) is 0 Å². The highest BCUT2D eigenvalue weighted by Crippen LogP contribution is 2.25. The molecule has 1 aromatic carbocycles. The van der Waals surface area contributed by atoms with Crippen LogP contribution in [0.1, 0.15) is 25.2 Å². The molecule has 0 radical (unpaired) electrons. The average Bonchev–Trinajstić information content (AvgIpc) is 2.82. The van der Waals surface area contributed by atoms with Crippen molar-refractivity contribution >= 4 is 23.2 Å². The summed E-state index contributed by atoms with van der Waals surface area (Å²) >= 11 is 12.2. The topological polar surface area (TPSA) is 42.7 Å². The Labute approximate surface area is 129 Å². The summed E-state index contributed by atoms with van der Waals surface area (Å²) in [6.07, 6.45) is 1.71. The third kappa shape index (κ3) is 4.20. The minimum absolute atomic E-state index is 0.558. The van der Waals surface area contributed by atoms with E-state index in [4.69, 9.17) is 23.2 Å². The first-order valence-electron chi connectivity index (χ1n) is 6.58. The molecule has 0 aliphatic rings. The van der Waals surface area contributed by atoms with Crippen molar-refractivity contribution in [3.8, 4) is 0 Å². The first kappa shape index (κ1) is 15.3. The second-order valence-corrected chi connectivity index (χ2v) is 5.88. The van der Waals surface area contributed by atoms with Crippen molar-refractivity contribution in [1.82, 2.24) is 20.1 Å². The lowest BCUT2D eigenvalue weighted by Crippen LogP contribution is -2.19. The third-order valence-corrected chi connectivity index (χ3v) is 3.64. The lowest BCUT2D eigenvalue weighted by atomic mass is 10.2. The number of nitrogens with zero attached hydrogens (tertiary/aromatic N) is 3. The minimum Gasteiger partial charge on any atom is -0.310 e. The van der Waals surface area contributed by atoms with E-state index in [1.54, 1.807) is 17.1 Å². The molecule has 1 aromatic heterocycles. The summed E-state index contributed by atoms with van der Waals surface area (Å²) < 4.78 is 1.77. The number of aromatic nitrogens is 3. The number of rotatable bonds is 6. The van der Waals surface area contributed by atoms with Gasteiger partial charge in [-0.1, -0.05) is 49.2 Å². The van der Waals surface area contributed by atoms with Gasteiger partial charge in [0.2, 0.25) is 0 Å². The summed E-state index contributed by atoms with van der Waals surface area (Å²) in [7, 11) is 0. The molecule has 1 heterocycles. The molecule has 0 aliphatic carbocycles. The van der Waals surface area contributed by atoms with Gasteiger partial charge in [-0.3, -0.25) is 0 Å². The summed E-state index contributed by atoms with van der Waals surface area (Å²) in [6.45, 7) is 6.53. The molecule has 0 saturated carbocycles. The van der Waals surface area contributed by atoms with Gasteiger partial charge in [-0.25, -0.2) is 9.67 Å². The Morgan fingerprint density at radius 1 is 1.30 bits per heavy atom. The van der Waals surface area contributed by atoms with E-state index in [1.165, 1.54) is 0 Å². The van der Waals surface area contributed by atoms with Gasteiger partial charge in [0, 0.05) is 0 Å². The van der Waals surface area contributed by atoms with Crippen molar-refractivity contribution < 1.29 is 0 Å². The van der Waals surface area contributed by atoms with Gasteiger partial charge in [-0.05, 0) is 24.1 Å². The van der Waals surface area contributed by atoms with Crippen molar-refractivity contribution in [2.75, 3.05) is 6.54 Å². The highest BCUT2D eigenvalue weighted by molar-refractivity contribution is 6.42. The van der Waals surface area contributed by atoms with E-state index in [2.05, 4.69) is 29.2 Å². The lowest BCUT2D eigenvalue weighted by Gasteiger charge is -2.06. The standard InChI is InChI=1S/C14H18Cl2N4/c1-10(2)6-17-7-13-18-9-20(19-13)8-11-4-3-5-12(15)14(11)16/h3-5,9-10,17H,6-8H2,1-2H3. The van der Waals surface area contributed by atoms with E-state index in [0.717, 1.165) is 17.9 Å². The van der Waals surface area contributed by atoms with Crippen LogP contribution in [0.2, 0.25) is 10.0 Å². The zero-order chi connectivity index (χ0) is 14.5. The Morgan fingerprint density at radius 2 is 2.10 bits per heavy atom. The molecule has 0 bridgehead atoms.